The van der Waals surface area contributed by atoms with Crippen molar-refractivity contribution in [2.24, 2.45) is 0 Å². The van der Waals surface area contributed by atoms with Crippen LogP contribution in [0, 0.1) is 0 Å². The van der Waals surface area contributed by atoms with Gasteiger partial charge in [0.1, 0.15) is 0 Å². The van der Waals surface area contributed by atoms with Gasteiger partial charge in [0.25, 0.3) is 0 Å². The number of rotatable bonds is 3. The van der Waals surface area contributed by atoms with E-state index in [4.69, 9.17) is 0 Å². The van der Waals surface area contributed by atoms with Gasteiger partial charge in [0.2, 0.25) is 0 Å². The second-order valence-corrected chi connectivity index (χ2v) is 5.61. The fourth-order valence-electron chi connectivity index (χ4n) is 3.18. The summed E-state index contributed by atoms with van der Waals surface area (Å²) in [4.78, 5) is 12.2. The maximum absolute atomic E-state index is 12.2. The zero-order valence-electron chi connectivity index (χ0n) is 10.9. The quantitative estimate of drug-likeness (QED) is 0.827. The number of aryl methyl sites for hydroxylation is 2. The first-order valence-electron chi connectivity index (χ1n) is 7.21. The summed E-state index contributed by atoms with van der Waals surface area (Å²) in [6, 6.07) is 6.75. The molecule has 2 aliphatic rings. The molecule has 0 amide bonds. The number of ketones is 1. The van der Waals surface area contributed by atoms with Crippen molar-refractivity contribution in [3.8, 4) is 0 Å². The van der Waals surface area contributed by atoms with Gasteiger partial charge in [0.05, 0.1) is 0 Å². The summed E-state index contributed by atoms with van der Waals surface area (Å²) in [5.74, 6) is 0.308. The van der Waals surface area contributed by atoms with Crippen molar-refractivity contribution in [2.45, 2.75) is 51.0 Å². The number of Topliss-reactive ketones (excluding diaryl/α,β-unsaturated/α-hetero) is 1. The van der Waals surface area contributed by atoms with Crippen molar-refractivity contribution >= 4 is 5.78 Å². The predicted octanol–water partition coefficient (Wildman–Crippen LogP) is 2.89. The van der Waals surface area contributed by atoms with Crippen molar-refractivity contribution in [3.05, 3.63) is 34.9 Å². The molecule has 1 aromatic carbocycles. The monoisotopic (exact) mass is 243 g/mol. The highest BCUT2D eigenvalue weighted by Gasteiger charge is 2.19. The van der Waals surface area contributed by atoms with E-state index >= 15 is 0 Å². The van der Waals surface area contributed by atoms with Crippen LogP contribution in [0.3, 0.4) is 0 Å². The average molecular weight is 243 g/mol. The minimum atomic E-state index is 0.308. The number of benzene rings is 1. The second kappa shape index (κ2) is 5.23. The van der Waals surface area contributed by atoms with Gasteiger partial charge in [-0.1, -0.05) is 12.1 Å². The Balaban J connectivity index is 1.73. The summed E-state index contributed by atoms with van der Waals surface area (Å²) in [5, 5.41) is 3.40. The van der Waals surface area contributed by atoms with Gasteiger partial charge in [-0.2, -0.15) is 0 Å². The minimum Gasteiger partial charge on any atom is -0.314 e. The molecule has 0 saturated carbocycles. The Labute approximate surface area is 109 Å². The maximum Gasteiger partial charge on any atom is 0.164 e. The molecule has 1 aromatic rings. The highest BCUT2D eigenvalue weighted by molar-refractivity contribution is 5.96. The first-order chi connectivity index (χ1) is 8.83. The van der Waals surface area contributed by atoms with E-state index in [1.807, 2.05) is 6.07 Å². The molecule has 2 heteroatoms. The molecule has 1 aliphatic heterocycles. The maximum atomic E-state index is 12.2. The third-order valence-electron chi connectivity index (χ3n) is 4.26. The molecular weight excluding hydrogens is 222 g/mol. The van der Waals surface area contributed by atoms with Gasteiger partial charge in [-0.25, -0.2) is 0 Å². The number of hydrogen-bond acceptors (Lipinski definition) is 2. The van der Waals surface area contributed by atoms with Gasteiger partial charge in [-0.15, -0.1) is 0 Å². The molecule has 1 atom stereocenters. The topological polar surface area (TPSA) is 29.1 Å². The van der Waals surface area contributed by atoms with E-state index in [1.54, 1.807) is 0 Å². The molecule has 0 spiro atoms. The van der Waals surface area contributed by atoms with Gasteiger partial charge in [0, 0.05) is 18.0 Å². The van der Waals surface area contributed by atoms with E-state index in [0.29, 0.717) is 18.2 Å². The molecule has 1 unspecified atom stereocenters. The SMILES string of the molecule is O=C(CC1CCCN1)c1ccc2c(c1)CCCC2. The zero-order chi connectivity index (χ0) is 12.4. The van der Waals surface area contributed by atoms with Gasteiger partial charge in [0.15, 0.2) is 5.78 Å². The number of carbonyl (C=O) groups excluding carboxylic acids is 1. The van der Waals surface area contributed by atoms with Crippen LogP contribution in [0.2, 0.25) is 0 Å². The van der Waals surface area contributed by atoms with Crippen molar-refractivity contribution in [2.75, 3.05) is 6.54 Å². The van der Waals surface area contributed by atoms with Crippen LogP contribution in [-0.4, -0.2) is 18.4 Å². The van der Waals surface area contributed by atoms with Gasteiger partial charge in [-0.3, -0.25) is 4.79 Å². The molecule has 1 fully saturated rings. The molecule has 1 saturated heterocycles. The third-order valence-corrected chi connectivity index (χ3v) is 4.26. The van der Waals surface area contributed by atoms with E-state index in [2.05, 4.69) is 17.4 Å². The van der Waals surface area contributed by atoms with E-state index in [9.17, 15) is 4.79 Å². The Morgan fingerprint density at radius 3 is 2.78 bits per heavy atom. The Morgan fingerprint density at radius 2 is 2.00 bits per heavy atom. The van der Waals surface area contributed by atoms with Crippen molar-refractivity contribution in [1.82, 2.24) is 5.32 Å². The fourth-order valence-corrected chi connectivity index (χ4v) is 3.18. The summed E-state index contributed by atoms with van der Waals surface area (Å²) < 4.78 is 0. The Kier molecular flexibility index (Phi) is 3.46. The smallest absolute Gasteiger partial charge is 0.164 e. The molecule has 0 aromatic heterocycles. The van der Waals surface area contributed by atoms with Crippen LogP contribution in [-0.2, 0) is 12.8 Å². The van der Waals surface area contributed by atoms with E-state index < -0.39 is 0 Å². The second-order valence-electron chi connectivity index (χ2n) is 5.61. The summed E-state index contributed by atoms with van der Waals surface area (Å²) in [6.45, 7) is 1.07. The number of hydrogen-bond donors (Lipinski definition) is 1. The Hall–Kier alpha value is -1.15. The standard InChI is InChI=1S/C16H21NO/c18-16(11-15-6-3-9-17-15)14-8-7-12-4-1-2-5-13(12)10-14/h7-8,10,15,17H,1-6,9,11H2. The molecule has 96 valence electrons. The van der Waals surface area contributed by atoms with Gasteiger partial charge in [-0.05, 0) is 62.3 Å². The van der Waals surface area contributed by atoms with Gasteiger partial charge >= 0.3 is 0 Å². The average Bonchev–Trinajstić information content (AvgIpc) is 2.91. The molecule has 1 heterocycles. The molecule has 3 rings (SSSR count). The van der Waals surface area contributed by atoms with Crippen LogP contribution >= 0.6 is 0 Å². The lowest BCUT2D eigenvalue weighted by atomic mass is 9.89. The minimum absolute atomic E-state index is 0.308. The van der Waals surface area contributed by atoms with Crippen LogP contribution in [0.1, 0.15) is 53.6 Å². The van der Waals surface area contributed by atoms with Crippen LogP contribution in [0.4, 0.5) is 0 Å². The molecule has 2 nitrogen and oxygen atoms in total. The van der Waals surface area contributed by atoms with Crippen molar-refractivity contribution in [3.63, 3.8) is 0 Å². The van der Waals surface area contributed by atoms with E-state index in [0.717, 1.165) is 24.9 Å². The fraction of sp³-hybridized carbons (Fsp3) is 0.562. The summed E-state index contributed by atoms with van der Waals surface area (Å²) in [7, 11) is 0. The molecule has 1 aliphatic carbocycles. The molecule has 0 radical (unpaired) electrons. The van der Waals surface area contributed by atoms with Gasteiger partial charge < -0.3 is 5.32 Å². The lowest BCUT2D eigenvalue weighted by Gasteiger charge is -2.16. The Morgan fingerprint density at radius 1 is 1.17 bits per heavy atom. The predicted molar refractivity (Wildman–Crippen MR) is 73.1 cm³/mol. The van der Waals surface area contributed by atoms with Crippen molar-refractivity contribution < 1.29 is 4.79 Å². The number of nitrogens with one attached hydrogen (secondary N) is 1. The molecular formula is C16H21NO. The third kappa shape index (κ3) is 2.49. The van der Waals surface area contributed by atoms with Crippen LogP contribution < -0.4 is 5.32 Å². The lowest BCUT2D eigenvalue weighted by molar-refractivity contribution is 0.0971. The Bertz CT molecular complexity index is 446. The molecule has 18 heavy (non-hydrogen) atoms. The summed E-state index contributed by atoms with van der Waals surface area (Å²) in [5.41, 5.74) is 3.78. The highest BCUT2D eigenvalue weighted by atomic mass is 16.1. The molecule has 1 N–H and O–H groups in total. The van der Waals surface area contributed by atoms with E-state index in [1.165, 1.54) is 36.8 Å². The number of fused-ring (bicyclic) bond motifs is 1. The lowest BCUT2D eigenvalue weighted by Crippen LogP contribution is -2.24. The van der Waals surface area contributed by atoms with Crippen LogP contribution in [0.15, 0.2) is 18.2 Å². The normalized spacial score (nSPS) is 22.8. The summed E-state index contributed by atoms with van der Waals surface area (Å²) in [6.07, 6.45) is 7.94. The van der Waals surface area contributed by atoms with Crippen LogP contribution in [0.25, 0.3) is 0 Å². The van der Waals surface area contributed by atoms with E-state index in [-0.39, 0.29) is 0 Å². The first-order valence-corrected chi connectivity index (χ1v) is 7.21. The number of carbonyl (C=O) groups is 1. The van der Waals surface area contributed by atoms with Crippen LogP contribution in [0.5, 0.6) is 0 Å². The zero-order valence-corrected chi connectivity index (χ0v) is 10.9. The summed E-state index contributed by atoms with van der Waals surface area (Å²) >= 11 is 0. The first kappa shape index (κ1) is 11.9. The highest BCUT2D eigenvalue weighted by Crippen LogP contribution is 2.23. The largest absolute Gasteiger partial charge is 0.314 e. The molecule has 0 bridgehead atoms. The van der Waals surface area contributed by atoms with Crippen molar-refractivity contribution in [1.29, 1.82) is 0 Å².